The van der Waals surface area contributed by atoms with Crippen LogP contribution < -0.4 is 5.73 Å². The predicted molar refractivity (Wildman–Crippen MR) is 52.7 cm³/mol. The van der Waals surface area contributed by atoms with E-state index in [4.69, 9.17) is 5.73 Å². The van der Waals surface area contributed by atoms with E-state index in [2.05, 4.69) is 9.68 Å². The summed E-state index contributed by atoms with van der Waals surface area (Å²) in [7, 11) is 0. The zero-order valence-corrected chi connectivity index (χ0v) is 7.99. The summed E-state index contributed by atoms with van der Waals surface area (Å²) in [5, 5.41) is 13.0. The minimum atomic E-state index is -0.689. The van der Waals surface area contributed by atoms with E-state index in [1.807, 2.05) is 0 Å². The number of aromatic hydroxyl groups is 1. The van der Waals surface area contributed by atoms with E-state index in [0.29, 0.717) is 11.1 Å². The molecule has 0 aliphatic carbocycles. The maximum Gasteiger partial charge on any atom is 0.230 e. The summed E-state index contributed by atoms with van der Waals surface area (Å²) in [6.45, 7) is 1.72. The first-order valence-corrected chi connectivity index (χ1v) is 4.29. The molecule has 0 unspecified atom stereocenters. The molecule has 1 heterocycles. The fraction of sp³-hybridized carbons (Fsp3) is 0.100. The molecule has 78 valence electrons. The van der Waals surface area contributed by atoms with E-state index >= 15 is 0 Å². The largest absolute Gasteiger partial charge is 0.504 e. The lowest BCUT2D eigenvalue weighted by molar-refractivity contribution is 0.432. The number of nitrogens with zero attached hydrogens (tertiary/aromatic N) is 1. The zero-order valence-electron chi connectivity index (χ0n) is 7.99. The molecule has 2 aromatic rings. The summed E-state index contributed by atoms with van der Waals surface area (Å²) in [4.78, 5) is 0. The van der Waals surface area contributed by atoms with Crippen LogP contribution in [0, 0.1) is 12.7 Å². The number of rotatable bonds is 1. The fourth-order valence-corrected chi connectivity index (χ4v) is 1.39. The van der Waals surface area contributed by atoms with Gasteiger partial charge in [0.1, 0.15) is 0 Å². The number of aromatic nitrogens is 1. The summed E-state index contributed by atoms with van der Waals surface area (Å²) >= 11 is 0. The molecule has 3 N–H and O–H groups in total. The molecule has 4 nitrogen and oxygen atoms in total. The molecule has 1 aromatic heterocycles. The van der Waals surface area contributed by atoms with Crippen LogP contribution >= 0.6 is 0 Å². The van der Waals surface area contributed by atoms with Crippen LogP contribution in [0.4, 0.5) is 10.3 Å². The van der Waals surface area contributed by atoms with Crippen molar-refractivity contribution in [3.63, 3.8) is 0 Å². The molecular weight excluding hydrogens is 199 g/mol. The predicted octanol–water partition coefficient (Wildman–Crippen LogP) is 2.08. The summed E-state index contributed by atoms with van der Waals surface area (Å²) in [5.74, 6) is -1.09. The van der Waals surface area contributed by atoms with Crippen LogP contribution in [0.25, 0.3) is 11.1 Å². The number of benzene rings is 1. The Kier molecular flexibility index (Phi) is 2.07. The average Bonchev–Trinajstić information content (AvgIpc) is 2.58. The molecule has 0 radical (unpaired) electrons. The third-order valence-corrected chi connectivity index (χ3v) is 2.10. The Bertz CT molecular complexity index is 508. The summed E-state index contributed by atoms with van der Waals surface area (Å²) in [6.07, 6.45) is 1.34. The van der Waals surface area contributed by atoms with Crippen molar-refractivity contribution in [1.82, 2.24) is 5.16 Å². The lowest BCUT2D eigenvalue weighted by atomic mass is 10.0. The molecule has 0 aliphatic rings. The lowest BCUT2D eigenvalue weighted by Gasteiger charge is -2.04. The first-order valence-electron chi connectivity index (χ1n) is 4.29. The van der Waals surface area contributed by atoms with Gasteiger partial charge in [-0.3, -0.25) is 0 Å². The molecule has 5 heteroatoms. The number of phenolic OH excluding ortho intramolecular Hbond substituents is 1. The Balaban J connectivity index is 2.68. The van der Waals surface area contributed by atoms with Gasteiger partial charge < -0.3 is 15.4 Å². The SMILES string of the molecule is Cc1cc(F)c(O)c(-c2cnoc2N)c1. The Labute approximate surface area is 85.1 Å². The second-order valence-electron chi connectivity index (χ2n) is 3.25. The van der Waals surface area contributed by atoms with Gasteiger partial charge >= 0.3 is 0 Å². The maximum absolute atomic E-state index is 13.2. The number of nitrogens with two attached hydrogens (primary N) is 1. The first-order chi connectivity index (χ1) is 7.09. The number of halogens is 1. The Morgan fingerprint density at radius 2 is 2.13 bits per heavy atom. The van der Waals surface area contributed by atoms with Gasteiger partial charge in [0.25, 0.3) is 0 Å². The van der Waals surface area contributed by atoms with Crippen molar-refractivity contribution >= 4 is 5.88 Å². The van der Waals surface area contributed by atoms with Gasteiger partial charge in [-0.1, -0.05) is 5.16 Å². The summed E-state index contributed by atoms with van der Waals surface area (Å²) < 4.78 is 17.9. The van der Waals surface area contributed by atoms with Gasteiger partial charge in [-0.15, -0.1) is 0 Å². The van der Waals surface area contributed by atoms with Gasteiger partial charge in [0.2, 0.25) is 5.88 Å². The topological polar surface area (TPSA) is 72.3 Å². The van der Waals surface area contributed by atoms with E-state index < -0.39 is 11.6 Å². The van der Waals surface area contributed by atoms with Gasteiger partial charge in [0.05, 0.1) is 11.8 Å². The van der Waals surface area contributed by atoms with Crippen molar-refractivity contribution in [3.05, 3.63) is 29.7 Å². The minimum absolute atomic E-state index is 0.0512. The van der Waals surface area contributed by atoms with E-state index in [1.165, 1.54) is 12.3 Å². The van der Waals surface area contributed by atoms with Gasteiger partial charge in [0.15, 0.2) is 11.6 Å². The second kappa shape index (κ2) is 3.27. The molecule has 0 bridgehead atoms. The molecule has 15 heavy (non-hydrogen) atoms. The van der Waals surface area contributed by atoms with Crippen LogP contribution in [0.1, 0.15) is 5.56 Å². The summed E-state index contributed by atoms with van der Waals surface area (Å²) in [5.41, 5.74) is 6.83. The van der Waals surface area contributed by atoms with E-state index in [0.717, 1.165) is 0 Å². The molecule has 0 atom stereocenters. The van der Waals surface area contributed by atoms with Gasteiger partial charge in [-0.05, 0) is 24.6 Å². The molecule has 2 rings (SSSR count). The fourth-order valence-electron chi connectivity index (χ4n) is 1.39. The van der Waals surface area contributed by atoms with Crippen molar-refractivity contribution in [2.75, 3.05) is 5.73 Å². The molecule has 1 aromatic carbocycles. The highest BCUT2D eigenvalue weighted by Gasteiger charge is 2.15. The van der Waals surface area contributed by atoms with E-state index in [1.54, 1.807) is 13.0 Å². The molecule has 0 amide bonds. The molecular formula is C10H9FN2O2. The maximum atomic E-state index is 13.2. The van der Waals surface area contributed by atoms with Gasteiger partial charge in [-0.2, -0.15) is 0 Å². The van der Waals surface area contributed by atoms with Crippen molar-refractivity contribution < 1.29 is 14.0 Å². The summed E-state index contributed by atoms with van der Waals surface area (Å²) in [6, 6.07) is 2.85. The number of aryl methyl sites for hydroxylation is 1. The number of anilines is 1. The molecule has 0 aliphatic heterocycles. The number of hydrogen-bond donors (Lipinski definition) is 2. The van der Waals surface area contributed by atoms with E-state index in [9.17, 15) is 9.50 Å². The highest BCUT2D eigenvalue weighted by atomic mass is 19.1. The number of phenols is 1. The Morgan fingerprint density at radius 1 is 1.40 bits per heavy atom. The second-order valence-corrected chi connectivity index (χ2v) is 3.25. The standard InChI is InChI=1S/C10H9FN2O2/c1-5-2-6(9(14)8(11)3-5)7-4-13-15-10(7)12/h2-4,14H,12H2,1H3. The first kappa shape index (κ1) is 9.51. The van der Waals surface area contributed by atoms with E-state index in [-0.39, 0.29) is 11.4 Å². The molecule has 0 fully saturated rings. The van der Waals surface area contributed by atoms with Gasteiger partial charge in [-0.25, -0.2) is 4.39 Å². The Hall–Kier alpha value is -2.04. The van der Waals surface area contributed by atoms with Crippen molar-refractivity contribution in [3.8, 4) is 16.9 Å². The molecule has 0 spiro atoms. The lowest BCUT2D eigenvalue weighted by Crippen LogP contribution is -1.88. The minimum Gasteiger partial charge on any atom is -0.504 e. The number of nitrogen functional groups attached to an aromatic ring is 1. The molecule has 0 saturated heterocycles. The van der Waals surface area contributed by atoms with Crippen LogP contribution in [0.15, 0.2) is 22.9 Å². The van der Waals surface area contributed by atoms with Crippen molar-refractivity contribution in [1.29, 1.82) is 0 Å². The third kappa shape index (κ3) is 1.52. The highest BCUT2D eigenvalue weighted by molar-refractivity contribution is 5.77. The van der Waals surface area contributed by atoms with Crippen LogP contribution in [0.5, 0.6) is 5.75 Å². The monoisotopic (exact) mass is 208 g/mol. The van der Waals surface area contributed by atoms with Crippen LogP contribution in [0.2, 0.25) is 0 Å². The zero-order chi connectivity index (χ0) is 11.0. The normalized spacial score (nSPS) is 10.5. The number of hydrogen-bond acceptors (Lipinski definition) is 4. The highest BCUT2D eigenvalue weighted by Crippen LogP contribution is 2.35. The van der Waals surface area contributed by atoms with Crippen LogP contribution in [-0.2, 0) is 0 Å². The third-order valence-electron chi connectivity index (χ3n) is 2.10. The quantitative estimate of drug-likeness (QED) is 0.752. The van der Waals surface area contributed by atoms with Crippen molar-refractivity contribution in [2.45, 2.75) is 6.92 Å². The van der Waals surface area contributed by atoms with Crippen LogP contribution in [0.3, 0.4) is 0 Å². The average molecular weight is 208 g/mol. The van der Waals surface area contributed by atoms with Gasteiger partial charge in [0, 0.05) is 5.56 Å². The van der Waals surface area contributed by atoms with Crippen molar-refractivity contribution in [2.24, 2.45) is 0 Å². The smallest absolute Gasteiger partial charge is 0.230 e. The molecule has 0 saturated carbocycles. The Morgan fingerprint density at radius 3 is 2.73 bits per heavy atom. The van der Waals surface area contributed by atoms with Crippen LogP contribution in [-0.4, -0.2) is 10.3 Å².